The number of hydrogen-bond donors (Lipinski definition) is 1. The molecule has 21 heavy (non-hydrogen) atoms. The molecule has 4 nitrogen and oxygen atoms in total. The third-order valence-corrected chi connectivity index (χ3v) is 5.15. The number of carbonyl (C=O) groups is 2. The van der Waals surface area contributed by atoms with Crippen LogP contribution in [-0.4, -0.2) is 52.4 Å². The molecule has 1 aliphatic rings. The molecule has 0 aliphatic carbocycles. The number of nitrogens with one attached hydrogen (secondary N) is 1. The first-order valence-electron chi connectivity index (χ1n) is 7.58. The smallest absolute Gasteiger partial charge is 0.243 e. The van der Waals surface area contributed by atoms with Gasteiger partial charge in [0.2, 0.25) is 11.8 Å². The maximum absolute atomic E-state index is 12.3. The Balaban J connectivity index is 2.41. The molecule has 122 valence electrons. The van der Waals surface area contributed by atoms with Gasteiger partial charge in [-0.05, 0) is 23.3 Å². The monoisotopic (exact) mass is 332 g/mol. The molecule has 1 heterocycles. The highest BCUT2D eigenvalue weighted by atomic mass is 32.2. The Morgan fingerprint density at radius 1 is 1.38 bits per heavy atom. The number of rotatable bonds is 7. The Morgan fingerprint density at radius 3 is 2.71 bits per heavy atom. The van der Waals surface area contributed by atoms with Crippen LogP contribution in [0.5, 0.6) is 0 Å². The lowest BCUT2D eigenvalue weighted by Gasteiger charge is -2.26. The summed E-state index contributed by atoms with van der Waals surface area (Å²) < 4.78 is 0. The van der Waals surface area contributed by atoms with Crippen LogP contribution in [0, 0.1) is 5.41 Å². The number of carbonyl (C=O) groups excluding carboxylic acids is 2. The van der Waals surface area contributed by atoms with Gasteiger partial charge in [-0.1, -0.05) is 27.7 Å². The fraction of sp³-hybridized carbons (Fsp3) is 0.867. The average molecular weight is 333 g/mol. The summed E-state index contributed by atoms with van der Waals surface area (Å²) in [6.07, 6.45) is 1.48. The molecule has 0 unspecified atom stereocenters. The molecule has 0 radical (unpaired) electrons. The van der Waals surface area contributed by atoms with Gasteiger partial charge in [0.15, 0.2) is 0 Å². The molecular weight excluding hydrogens is 304 g/mol. The van der Waals surface area contributed by atoms with Crippen molar-refractivity contribution in [1.82, 2.24) is 10.2 Å². The van der Waals surface area contributed by atoms with Crippen molar-refractivity contribution in [3.8, 4) is 0 Å². The highest BCUT2D eigenvalue weighted by Gasteiger charge is 2.35. The van der Waals surface area contributed by atoms with Crippen molar-refractivity contribution in [3.05, 3.63) is 0 Å². The van der Waals surface area contributed by atoms with Crippen molar-refractivity contribution < 1.29 is 9.59 Å². The van der Waals surface area contributed by atoms with Gasteiger partial charge in [0.05, 0.1) is 5.88 Å². The fourth-order valence-corrected chi connectivity index (χ4v) is 3.93. The third-order valence-electron chi connectivity index (χ3n) is 3.16. The van der Waals surface area contributed by atoms with Crippen LogP contribution in [0.2, 0.25) is 0 Å². The van der Waals surface area contributed by atoms with E-state index in [0.717, 1.165) is 17.9 Å². The fourth-order valence-electron chi connectivity index (χ4n) is 2.11. The maximum atomic E-state index is 12.3. The van der Waals surface area contributed by atoms with E-state index in [1.54, 1.807) is 16.7 Å². The molecule has 1 rings (SSSR count). The van der Waals surface area contributed by atoms with Crippen LogP contribution >= 0.6 is 23.5 Å². The molecule has 1 saturated heterocycles. The standard InChI is InChI=1S/C15H28N2O2S2/c1-5-20-8-6-7-16-14(19)12-10-21-11-17(12)13(18)9-15(2,3)4/h12H,5-11H2,1-4H3,(H,16,19)/t12-/m0/s1. The van der Waals surface area contributed by atoms with E-state index >= 15 is 0 Å². The Bertz CT molecular complexity index is 356. The van der Waals surface area contributed by atoms with Crippen LogP contribution in [0.15, 0.2) is 0 Å². The van der Waals surface area contributed by atoms with E-state index in [1.807, 2.05) is 11.8 Å². The lowest BCUT2D eigenvalue weighted by atomic mass is 9.91. The highest BCUT2D eigenvalue weighted by molar-refractivity contribution is 7.99. The van der Waals surface area contributed by atoms with E-state index in [1.165, 1.54) is 0 Å². The van der Waals surface area contributed by atoms with Crippen LogP contribution in [0.3, 0.4) is 0 Å². The first-order valence-corrected chi connectivity index (χ1v) is 9.89. The largest absolute Gasteiger partial charge is 0.354 e. The van der Waals surface area contributed by atoms with Crippen molar-refractivity contribution in [2.75, 3.05) is 29.7 Å². The molecule has 1 N–H and O–H groups in total. The molecule has 0 spiro atoms. The molecule has 1 atom stereocenters. The molecule has 0 bridgehead atoms. The minimum atomic E-state index is -0.288. The molecule has 1 aliphatic heterocycles. The minimum absolute atomic E-state index is 0.00348. The second-order valence-electron chi connectivity index (χ2n) is 6.46. The summed E-state index contributed by atoms with van der Waals surface area (Å²) in [5.41, 5.74) is -0.0389. The number of nitrogens with zero attached hydrogens (tertiary/aromatic N) is 1. The summed E-state index contributed by atoms with van der Waals surface area (Å²) in [6, 6.07) is -0.288. The topological polar surface area (TPSA) is 49.4 Å². The summed E-state index contributed by atoms with van der Waals surface area (Å²) in [5, 5.41) is 2.97. The zero-order chi connectivity index (χ0) is 15.9. The molecule has 0 aromatic rings. The van der Waals surface area contributed by atoms with Gasteiger partial charge < -0.3 is 10.2 Å². The predicted molar refractivity (Wildman–Crippen MR) is 92.7 cm³/mol. The van der Waals surface area contributed by atoms with E-state index in [4.69, 9.17) is 0 Å². The van der Waals surface area contributed by atoms with Gasteiger partial charge in [-0.3, -0.25) is 9.59 Å². The third kappa shape index (κ3) is 6.96. The summed E-state index contributed by atoms with van der Waals surface area (Å²) in [5.74, 6) is 3.63. The van der Waals surface area contributed by atoms with Gasteiger partial charge >= 0.3 is 0 Å². The minimum Gasteiger partial charge on any atom is -0.354 e. The van der Waals surface area contributed by atoms with Gasteiger partial charge in [-0.25, -0.2) is 0 Å². The van der Waals surface area contributed by atoms with Crippen LogP contribution in [-0.2, 0) is 9.59 Å². The van der Waals surface area contributed by atoms with Crippen LogP contribution in [0.1, 0.15) is 40.5 Å². The Hall–Kier alpha value is -0.360. The molecule has 6 heteroatoms. The summed E-state index contributed by atoms with van der Waals surface area (Å²) >= 11 is 3.54. The van der Waals surface area contributed by atoms with Gasteiger partial charge in [-0.2, -0.15) is 11.8 Å². The normalized spacial score (nSPS) is 18.9. The predicted octanol–water partition coefficient (Wildman–Crippen LogP) is 2.58. The molecule has 0 aromatic heterocycles. The Labute approximate surface area is 137 Å². The SMILES string of the molecule is CCSCCCNC(=O)[C@@H]1CSCN1C(=O)CC(C)(C)C. The Kier molecular flexibility index (Phi) is 7.95. The quantitative estimate of drug-likeness (QED) is 0.728. The molecule has 1 fully saturated rings. The van der Waals surface area contributed by atoms with Crippen LogP contribution in [0.25, 0.3) is 0 Å². The zero-order valence-corrected chi connectivity index (χ0v) is 15.2. The molecular formula is C15H28N2O2S2. The van der Waals surface area contributed by atoms with Crippen molar-refractivity contribution in [1.29, 1.82) is 0 Å². The molecule has 2 amide bonds. The number of thioether (sulfide) groups is 2. The van der Waals surface area contributed by atoms with E-state index in [-0.39, 0.29) is 23.3 Å². The van der Waals surface area contributed by atoms with Gasteiger partial charge in [0, 0.05) is 18.7 Å². The van der Waals surface area contributed by atoms with Crippen molar-refractivity contribution in [3.63, 3.8) is 0 Å². The lowest BCUT2D eigenvalue weighted by Crippen LogP contribution is -2.48. The number of hydrogen-bond acceptors (Lipinski definition) is 4. The summed E-state index contributed by atoms with van der Waals surface area (Å²) in [7, 11) is 0. The Morgan fingerprint density at radius 2 is 2.10 bits per heavy atom. The van der Waals surface area contributed by atoms with Gasteiger partial charge in [0.25, 0.3) is 0 Å². The number of amides is 2. The first-order chi connectivity index (χ1) is 9.85. The second-order valence-corrected chi connectivity index (χ2v) is 8.85. The van der Waals surface area contributed by atoms with Crippen molar-refractivity contribution >= 4 is 35.3 Å². The van der Waals surface area contributed by atoms with Crippen LogP contribution < -0.4 is 5.32 Å². The average Bonchev–Trinajstić information content (AvgIpc) is 2.85. The van der Waals surface area contributed by atoms with E-state index in [9.17, 15) is 9.59 Å². The van der Waals surface area contributed by atoms with Gasteiger partial charge in [0.1, 0.15) is 6.04 Å². The zero-order valence-electron chi connectivity index (χ0n) is 13.6. The summed E-state index contributed by atoms with van der Waals surface area (Å²) in [4.78, 5) is 26.3. The molecule has 0 aromatic carbocycles. The second kappa shape index (κ2) is 8.93. The van der Waals surface area contributed by atoms with Crippen LogP contribution in [0.4, 0.5) is 0 Å². The molecule has 0 saturated carbocycles. The highest BCUT2D eigenvalue weighted by Crippen LogP contribution is 2.26. The van der Waals surface area contributed by atoms with Gasteiger partial charge in [-0.15, -0.1) is 11.8 Å². The van der Waals surface area contributed by atoms with E-state index in [2.05, 4.69) is 33.0 Å². The lowest BCUT2D eigenvalue weighted by molar-refractivity contribution is -0.139. The van der Waals surface area contributed by atoms with Crippen molar-refractivity contribution in [2.24, 2.45) is 5.41 Å². The maximum Gasteiger partial charge on any atom is 0.243 e. The van der Waals surface area contributed by atoms with E-state index in [0.29, 0.717) is 24.6 Å². The first kappa shape index (κ1) is 18.7. The van der Waals surface area contributed by atoms with E-state index < -0.39 is 0 Å². The summed E-state index contributed by atoms with van der Waals surface area (Å²) in [6.45, 7) is 8.99. The van der Waals surface area contributed by atoms with Crippen molar-refractivity contribution in [2.45, 2.75) is 46.6 Å².